The van der Waals surface area contributed by atoms with Crippen LogP contribution in [0.15, 0.2) is 18.2 Å². The summed E-state index contributed by atoms with van der Waals surface area (Å²) < 4.78 is 6.05. The minimum absolute atomic E-state index is 0.113. The van der Waals surface area contributed by atoms with Gasteiger partial charge < -0.3 is 20.7 Å². The molecule has 3 fully saturated rings. The van der Waals surface area contributed by atoms with Crippen LogP contribution in [-0.2, 0) is 28.7 Å². The first-order valence-electron chi connectivity index (χ1n) is 13.2. The largest absolute Gasteiger partial charge is 0.507 e. The third-order valence-corrected chi connectivity index (χ3v) is 9.27. The van der Waals surface area contributed by atoms with Gasteiger partial charge in [0, 0.05) is 5.92 Å². The minimum Gasteiger partial charge on any atom is -0.507 e. The van der Waals surface area contributed by atoms with Crippen molar-refractivity contribution in [1.82, 2.24) is 4.90 Å². The van der Waals surface area contributed by atoms with Crippen molar-refractivity contribution in [1.29, 1.82) is 0 Å². The number of aliphatic hydroxyl groups is 1. The molecule has 208 valence electrons. The van der Waals surface area contributed by atoms with Gasteiger partial charge in [-0.2, -0.15) is 0 Å². The highest BCUT2D eigenvalue weighted by Crippen LogP contribution is 2.55. The third-order valence-electron chi connectivity index (χ3n) is 9.27. The maximum Gasteiger partial charge on any atom is 0.309 e. The Morgan fingerprint density at radius 3 is 2.31 bits per heavy atom. The van der Waals surface area contributed by atoms with E-state index < -0.39 is 88.3 Å². The number of phenols is 1. The lowest BCUT2D eigenvalue weighted by Crippen LogP contribution is -2.78. The van der Waals surface area contributed by atoms with Gasteiger partial charge in [0.15, 0.2) is 34.7 Å². The molecule has 5 rings (SSSR count). The number of hydrogen-bond acceptors (Lipinski definition) is 10. The summed E-state index contributed by atoms with van der Waals surface area (Å²) in [5, 5.41) is 22.5. The molecular weight excluding hydrogens is 508 g/mol. The van der Waals surface area contributed by atoms with Gasteiger partial charge in [0.05, 0.1) is 29.4 Å². The molecule has 0 spiro atoms. The fraction of sp³-hybridized carbons (Fsp3) is 0.571. The van der Waals surface area contributed by atoms with Crippen LogP contribution in [0.1, 0.15) is 54.4 Å². The van der Waals surface area contributed by atoms with Crippen molar-refractivity contribution >= 4 is 35.0 Å². The lowest BCUT2D eigenvalue weighted by atomic mass is 9.49. The smallest absolute Gasteiger partial charge is 0.309 e. The van der Waals surface area contributed by atoms with Crippen molar-refractivity contribution in [2.24, 2.45) is 35.3 Å². The first-order valence-corrected chi connectivity index (χ1v) is 13.2. The molecule has 0 aliphatic heterocycles. The van der Waals surface area contributed by atoms with Crippen molar-refractivity contribution in [3.63, 3.8) is 0 Å². The van der Waals surface area contributed by atoms with Gasteiger partial charge in [-0.15, -0.1) is 0 Å². The Labute approximate surface area is 224 Å². The normalized spacial score (nSPS) is 36.4. The van der Waals surface area contributed by atoms with Gasteiger partial charge in [0.2, 0.25) is 5.91 Å². The number of likely N-dealkylation sites (N-methyl/N-ethyl adjacent to an activating group) is 1. The van der Waals surface area contributed by atoms with E-state index in [1.807, 2.05) is 0 Å². The predicted octanol–water partition coefficient (Wildman–Crippen LogP) is 0.140. The first-order chi connectivity index (χ1) is 18.3. The Morgan fingerprint density at radius 2 is 1.72 bits per heavy atom. The highest BCUT2D eigenvalue weighted by atomic mass is 16.5. The van der Waals surface area contributed by atoms with E-state index in [1.54, 1.807) is 19.1 Å². The van der Waals surface area contributed by atoms with Crippen molar-refractivity contribution < 1.29 is 43.7 Å². The zero-order valence-electron chi connectivity index (χ0n) is 22.0. The fourth-order valence-electron chi connectivity index (χ4n) is 7.46. The van der Waals surface area contributed by atoms with Crippen LogP contribution in [0.3, 0.4) is 0 Å². The highest BCUT2D eigenvalue weighted by Gasteiger charge is 2.74. The van der Waals surface area contributed by atoms with E-state index in [0.29, 0.717) is 18.4 Å². The van der Waals surface area contributed by atoms with Crippen molar-refractivity contribution in [2.75, 3.05) is 14.1 Å². The number of carbonyl (C=O) groups excluding carboxylic acids is 6. The predicted molar refractivity (Wildman–Crippen MR) is 133 cm³/mol. The second-order valence-corrected chi connectivity index (χ2v) is 11.5. The Hall–Kier alpha value is -3.44. The van der Waals surface area contributed by atoms with E-state index in [2.05, 4.69) is 0 Å². The molecule has 1 aromatic rings. The number of amides is 1. The number of rotatable bonds is 4. The number of nitrogens with two attached hydrogens (primary N) is 1. The number of carbonyl (C=O) groups is 6. The number of esters is 1. The molecule has 3 saturated carbocycles. The summed E-state index contributed by atoms with van der Waals surface area (Å²) in [5.74, 6) is -14.1. The zero-order valence-corrected chi connectivity index (χ0v) is 22.0. The number of hydrogen-bond donors (Lipinski definition) is 3. The summed E-state index contributed by atoms with van der Waals surface area (Å²) in [6.45, 7) is 1.71. The van der Waals surface area contributed by atoms with E-state index in [0.717, 1.165) is 12.8 Å². The topological polar surface area (TPSA) is 181 Å². The van der Waals surface area contributed by atoms with Gasteiger partial charge in [-0.25, -0.2) is 0 Å². The lowest BCUT2D eigenvalue weighted by Gasteiger charge is -2.56. The SMILES string of the molecule is C[C@H]1c2cccc(O)c2C(=O)C2C(=O)[C@]3(O)C(=O)C(C(N)=O)C(=O)[C@@H](N(C)C)[C@@H]3[C@@H](OC(=O)C3CCCC3)[C@@H]21. The van der Waals surface area contributed by atoms with Crippen molar-refractivity contribution in [2.45, 2.75) is 56.3 Å². The molecular formula is C28H32N2O9. The number of nitrogens with zero attached hydrogens (tertiary/aromatic N) is 1. The Morgan fingerprint density at radius 1 is 1.08 bits per heavy atom. The van der Waals surface area contributed by atoms with Crippen molar-refractivity contribution in [3.05, 3.63) is 29.3 Å². The summed E-state index contributed by atoms with van der Waals surface area (Å²) in [6, 6.07) is 3.07. The molecule has 0 saturated heterocycles. The fourth-order valence-corrected chi connectivity index (χ4v) is 7.46. The summed E-state index contributed by atoms with van der Waals surface area (Å²) in [4.78, 5) is 82.2. The van der Waals surface area contributed by atoms with Crippen LogP contribution < -0.4 is 5.73 Å². The molecule has 1 aromatic carbocycles. The molecule has 4 aliphatic rings. The summed E-state index contributed by atoms with van der Waals surface area (Å²) in [6.07, 6.45) is 1.40. The Balaban J connectivity index is 1.75. The van der Waals surface area contributed by atoms with Crippen LogP contribution in [-0.4, -0.2) is 82.0 Å². The van der Waals surface area contributed by atoms with E-state index in [-0.39, 0.29) is 11.3 Å². The number of fused-ring (bicyclic) bond motifs is 3. The standard InChI is InChI=1S/C28H32N2O9/c1-11-13-9-6-10-14(31)16(13)21(32)17-15(11)23(39-27(37)12-7-4-5-8-12)19-20(30(2)3)22(33)18(26(29)36)25(35)28(19,38)24(17)34/h6,9-12,15,17-20,23,31,38H,4-5,7-8H2,1-3H3,(H2,29,36)/t11-,15+,17?,18?,19+,20-,23-,28-/m0/s1. The number of Topliss-reactive ketones (excluding diaryl/α,β-unsaturated/α-hetero) is 4. The van der Waals surface area contributed by atoms with Gasteiger partial charge in [-0.3, -0.25) is 33.7 Å². The zero-order chi connectivity index (χ0) is 28.5. The molecule has 2 unspecified atom stereocenters. The summed E-state index contributed by atoms with van der Waals surface area (Å²) in [5.41, 5.74) is 2.69. The number of aromatic hydroxyl groups is 1. The van der Waals surface area contributed by atoms with Gasteiger partial charge in [-0.05, 0) is 44.5 Å². The van der Waals surface area contributed by atoms with Crippen molar-refractivity contribution in [3.8, 4) is 5.75 Å². The van der Waals surface area contributed by atoms with Crippen LogP contribution >= 0.6 is 0 Å². The van der Waals surface area contributed by atoms with Crippen LogP contribution in [0.4, 0.5) is 0 Å². The van der Waals surface area contributed by atoms with Crippen LogP contribution in [0.2, 0.25) is 0 Å². The summed E-state index contributed by atoms with van der Waals surface area (Å²) in [7, 11) is 2.96. The Bertz CT molecular complexity index is 1300. The number of phenolic OH excluding ortho intramolecular Hbond substituents is 1. The lowest BCUT2D eigenvalue weighted by molar-refractivity contribution is -0.207. The third kappa shape index (κ3) is 3.70. The second kappa shape index (κ2) is 9.34. The summed E-state index contributed by atoms with van der Waals surface area (Å²) >= 11 is 0. The molecule has 4 aliphatic carbocycles. The number of ketones is 4. The number of ether oxygens (including phenoxy) is 1. The van der Waals surface area contributed by atoms with Crippen LogP contribution in [0.25, 0.3) is 0 Å². The van der Waals surface area contributed by atoms with Gasteiger partial charge >= 0.3 is 5.97 Å². The van der Waals surface area contributed by atoms with Crippen LogP contribution in [0.5, 0.6) is 5.75 Å². The molecule has 11 nitrogen and oxygen atoms in total. The maximum absolute atomic E-state index is 14.1. The van der Waals surface area contributed by atoms with E-state index in [9.17, 15) is 39.0 Å². The number of primary amides is 1. The van der Waals surface area contributed by atoms with E-state index >= 15 is 0 Å². The minimum atomic E-state index is -3.01. The van der Waals surface area contributed by atoms with Gasteiger partial charge in [0.1, 0.15) is 11.9 Å². The Kier molecular flexibility index (Phi) is 6.50. The molecule has 39 heavy (non-hydrogen) atoms. The molecule has 11 heteroatoms. The molecule has 1 amide bonds. The highest BCUT2D eigenvalue weighted by molar-refractivity contribution is 6.32. The van der Waals surface area contributed by atoms with E-state index in [4.69, 9.17) is 10.5 Å². The molecule has 4 N–H and O–H groups in total. The average molecular weight is 541 g/mol. The molecule has 0 heterocycles. The second-order valence-electron chi connectivity index (χ2n) is 11.5. The van der Waals surface area contributed by atoms with Crippen LogP contribution in [0, 0.1) is 29.6 Å². The molecule has 0 bridgehead atoms. The molecule has 8 atom stereocenters. The maximum atomic E-state index is 14.1. The van der Waals surface area contributed by atoms with E-state index in [1.165, 1.54) is 25.1 Å². The number of benzene rings is 1. The first kappa shape index (κ1) is 27.1. The quantitative estimate of drug-likeness (QED) is 0.351. The van der Waals surface area contributed by atoms with Gasteiger partial charge in [-0.1, -0.05) is 31.9 Å². The average Bonchev–Trinajstić information content (AvgIpc) is 3.41. The molecule has 0 aromatic heterocycles. The molecule has 0 radical (unpaired) electrons. The van der Waals surface area contributed by atoms with Gasteiger partial charge in [0.25, 0.3) is 0 Å². The monoisotopic (exact) mass is 540 g/mol.